The Kier molecular flexibility index (Phi) is 2.36. The van der Waals surface area contributed by atoms with Gasteiger partial charge in [-0.15, -0.1) is 0 Å². The third-order valence-electron chi connectivity index (χ3n) is 3.69. The van der Waals surface area contributed by atoms with Crippen molar-refractivity contribution in [3.05, 3.63) is 30.1 Å². The minimum Gasteiger partial charge on any atom is -0.331 e. The average Bonchev–Trinajstić information content (AvgIpc) is 2.26. The molecule has 94 valence electrons. The zero-order valence-corrected chi connectivity index (χ0v) is 9.78. The number of imide groups is 1. The molecule has 0 unspecified atom stereocenters. The van der Waals surface area contributed by atoms with Gasteiger partial charge in [-0.3, -0.25) is 4.79 Å². The summed E-state index contributed by atoms with van der Waals surface area (Å²) in [5, 5.41) is 2.87. The van der Waals surface area contributed by atoms with Gasteiger partial charge in [0.15, 0.2) is 0 Å². The molecule has 2 aliphatic rings. The molecule has 0 atom stereocenters. The minimum absolute atomic E-state index is 0.260. The summed E-state index contributed by atoms with van der Waals surface area (Å²) in [5.41, 5.74) is -0.0514. The molecule has 2 fully saturated rings. The van der Waals surface area contributed by atoms with E-state index in [2.05, 4.69) is 5.32 Å². The number of carbonyl (C=O) groups excluding carboxylic acids is 2. The van der Waals surface area contributed by atoms with Gasteiger partial charge in [0.05, 0.1) is 17.6 Å². The summed E-state index contributed by atoms with van der Waals surface area (Å²) in [7, 11) is 0. The Hall–Kier alpha value is -1.91. The molecule has 0 aromatic heterocycles. The lowest BCUT2D eigenvalue weighted by atomic mass is 9.73. The van der Waals surface area contributed by atoms with E-state index < -0.39 is 11.8 Å². The Morgan fingerprint density at radius 1 is 1.28 bits per heavy atom. The molecule has 3 amide bonds. The van der Waals surface area contributed by atoms with Crippen molar-refractivity contribution in [1.29, 1.82) is 0 Å². The van der Waals surface area contributed by atoms with Crippen LogP contribution in [0.1, 0.15) is 25.7 Å². The fourth-order valence-corrected chi connectivity index (χ4v) is 2.59. The maximum Gasteiger partial charge on any atom is 0.329 e. The lowest BCUT2D eigenvalue weighted by molar-refractivity contribution is -0.121. The summed E-state index contributed by atoms with van der Waals surface area (Å²) in [6.07, 6.45) is 3.03. The number of halogens is 1. The molecule has 18 heavy (non-hydrogen) atoms. The molecule has 1 heterocycles. The Morgan fingerprint density at radius 3 is 2.61 bits per heavy atom. The second-order valence-corrected chi connectivity index (χ2v) is 4.95. The highest BCUT2D eigenvalue weighted by molar-refractivity contribution is 6.16. The van der Waals surface area contributed by atoms with E-state index in [-0.39, 0.29) is 17.1 Å². The largest absolute Gasteiger partial charge is 0.331 e. The van der Waals surface area contributed by atoms with Gasteiger partial charge in [-0.25, -0.2) is 14.1 Å². The maximum atomic E-state index is 13.1. The number of urea groups is 1. The number of benzene rings is 1. The summed E-state index contributed by atoms with van der Waals surface area (Å²) in [5.74, 6) is -0.721. The minimum atomic E-state index is -0.461. The van der Waals surface area contributed by atoms with Crippen molar-refractivity contribution in [2.24, 2.45) is 0 Å². The molecule has 4 nitrogen and oxygen atoms in total. The highest BCUT2D eigenvalue weighted by atomic mass is 19.1. The van der Waals surface area contributed by atoms with E-state index in [0.717, 1.165) is 24.2 Å². The fraction of sp³-hybridized carbons (Fsp3) is 0.385. The summed E-state index contributed by atoms with van der Waals surface area (Å²) >= 11 is 0. The van der Waals surface area contributed by atoms with E-state index in [4.69, 9.17) is 0 Å². The number of amides is 3. The molecule has 1 aliphatic heterocycles. The predicted molar refractivity (Wildman–Crippen MR) is 63.6 cm³/mol. The highest BCUT2D eigenvalue weighted by Gasteiger charge is 2.47. The van der Waals surface area contributed by atoms with Gasteiger partial charge in [0, 0.05) is 0 Å². The van der Waals surface area contributed by atoms with Crippen LogP contribution in [0.4, 0.5) is 14.9 Å². The van der Waals surface area contributed by atoms with Crippen molar-refractivity contribution in [3.63, 3.8) is 0 Å². The second-order valence-electron chi connectivity index (χ2n) is 4.95. The summed E-state index contributed by atoms with van der Waals surface area (Å²) in [4.78, 5) is 25.1. The van der Waals surface area contributed by atoms with Crippen LogP contribution in [0.2, 0.25) is 0 Å². The Labute approximate surface area is 104 Å². The number of hydrogen-bond acceptors (Lipinski definition) is 2. The standard InChI is InChI=1S/C13H13FN2O2/c14-9-3-1-4-10(7-9)16-11(17)8-13(5-2-6-13)15-12(16)18/h1,3-4,7H,2,5-6,8H2,(H,15,18). The molecule has 3 rings (SSSR count). The van der Waals surface area contributed by atoms with Crippen LogP contribution in [-0.4, -0.2) is 17.5 Å². The van der Waals surface area contributed by atoms with E-state index >= 15 is 0 Å². The second kappa shape index (κ2) is 3.80. The van der Waals surface area contributed by atoms with Gasteiger partial charge in [-0.1, -0.05) is 6.07 Å². The van der Waals surface area contributed by atoms with Crippen molar-refractivity contribution in [2.75, 3.05) is 4.90 Å². The molecule has 1 aromatic carbocycles. The Bertz CT molecular complexity index is 505. The SMILES string of the molecule is O=C1CC2(CCC2)NC(=O)N1c1cccc(F)c1. The average molecular weight is 248 g/mol. The van der Waals surface area contributed by atoms with E-state index in [1.54, 1.807) is 6.07 Å². The molecular formula is C13H13FN2O2. The molecule has 1 saturated heterocycles. The molecule has 1 aromatic rings. The first kappa shape index (κ1) is 11.2. The molecule has 5 heteroatoms. The van der Waals surface area contributed by atoms with Gasteiger partial charge in [-0.2, -0.15) is 0 Å². The maximum absolute atomic E-state index is 13.1. The van der Waals surface area contributed by atoms with Crippen molar-refractivity contribution in [2.45, 2.75) is 31.2 Å². The first-order valence-electron chi connectivity index (χ1n) is 6.00. The van der Waals surface area contributed by atoms with Gasteiger partial charge in [0.25, 0.3) is 0 Å². The third kappa shape index (κ3) is 1.66. The van der Waals surface area contributed by atoms with E-state index in [1.807, 2.05) is 0 Å². The number of anilines is 1. The van der Waals surface area contributed by atoms with E-state index in [0.29, 0.717) is 6.42 Å². The van der Waals surface area contributed by atoms with Gasteiger partial charge in [0.2, 0.25) is 5.91 Å². The van der Waals surface area contributed by atoms with Crippen molar-refractivity contribution < 1.29 is 14.0 Å². The molecule has 1 saturated carbocycles. The van der Waals surface area contributed by atoms with Gasteiger partial charge < -0.3 is 5.32 Å². The van der Waals surface area contributed by atoms with Crippen LogP contribution in [0.25, 0.3) is 0 Å². The molecule has 0 bridgehead atoms. The lowest BCUT2D eigenvalue weighted by Crippen LogP contribution is -2.65. The predicted octanol–water partition coefficient (Wildman–Crippen LogP) is 2.19. The van der Waals surface area contributed by atoms with Crippen molar-refractivity contribution >= 4 is 17.6 Å². The number of carbonyl (C=O) groups is 2. The van der Waals surface area contributed by atoms with Crippen LogP contribution in [-0.2, 0) is 4.79 Å². The molecular weight excluding hydrogens is 235 g/mol. The zero-order valence-electron chi connectivity index (χ0n) is 9.78. The molecule has 1 spiro atoms. The van der Waals surface area contributed by atoms with Gasteiger partial charge in [-0.05, 0) is 37.5 Å². The summed E-state index contributed by atoms with van der Waals surface area (Å²) < 4.78 is 13.1. The summed E-state index contributed by atoms with van der Waals surface area (Å²) in [6, 6.07) is 5.06. The smallest absolute Gasteiger partial charge is 0.329 e. The molecule has 1 N–H and O–H groups in total. The zero-order chi connectivity index (χ0) is 12.8. The highest BCUT2D eigenvalue weighted by Crippen LogP contribution is 2.38. The Morgan fingerprint density at radius 2 is 2.06 bits per heavy atom. The van der Waals surface area contributed by atoms with Crippen LogP contribution in [0.15, 0.2) is 24.3 Å². The normalized spacial score (nSPS) is 21.7. The van der Waals surface area contributed by atoms with Crippen LogP contribution in [0, 0.1) is 5.82 Å². The number of hydrogen-bond donors (Lipinski definition) is 1. The van der Waals surface area contributed by atoms with Crippen molar-refractivity contribution in [3.8, 4) is 0 Å². The molecule has 0 radical (unpaired) electrons. The van der Waals surface area contributed by atoms with Gasteiger partial charge in [0.1, 0.15) is 5.82 Å². The number of nitrogens with one attached hydrogen (secondary N) is 1. The number of rotatable bonds is 1. The van der Waals surface area contributed by atoms with Crippen LogP contribution in [0.5, 0.6) is 0 Å². The Balaban J connectivity index is 1.89. The van der Waals surface area contributed by atoms with Crippen molar-refractivity contribution in [1.82, 2.24) is 5.32 Å². The topological polar surface area (TPSA) is 49.4 Å². The first-order valence-corrected chi connectivity index (χ1v) is 6.00. The van der Waals surface area contributed by atoms with Crippen LogP contribution < -0.4 is 10.2 Å². The van der Waals surface area contributed by atoms with Crippen LogP contribution in [0.3, 0.4) is 0 Å². The van der Waals surface area contributed by atoms with Crippen LogP contribution >= 0.6 is 0 Å². The van der Waals surface area contributed by atoms with E-state index in [1.165, 1.54) is 18.2 Å². The lowest BCUT2D eigenvalue weighted by Gasteiger charge is -2.47. The van der Waals surface area contributed by atoms with Gasteiger partial charge >= 0.3 is 6.03 Å². The first-order chi connectivity index (χ1) is 8.60. The number of nitrogens with zero attached hydrogens (tertiary/aromatic N) is 1. The molecule has 1 aliphatic carbocycles. The summed E-state index contributed by atoms with van der Waals surface area (Å²) in [6.45, 7) is 0. The quantitative estimate of drug-likeness (QED) is 0.828. The van der Waals surface area contributed by atoms with E-state index in [9.17, 15) is 14.0 Å². The third-order valence-corrected chi connectivity index (χ3v) is 3.69. The monoisotopic (exact) mass is 248 g/mol. The fourth-order valence-electron chi connectivity index (χ4n) is 2.59.